The Hall–Kier alpha value is -3.34. The maximum Gasteiger partial charge on any atom is 0.253 e. The lowest BCUT2D eigenvalue weighted by Crippen LogP contribution is -2.47. The first-order valence-corrected chi connectivity index (χ1v) is 11.8. The van der Waals surface area contributed by atoms with Crippen molar-refractivity contribution < 1.29 is 9.90 Å². The molecular formula is C23H25N7O2S. The largest absolute Gasteiger partial charge is 0.395 e. The van der Waals surface area contributed by atoms with Crippen molar-refractivity contribution in [3.05, 3.63) is 53.0 Å². The minimum absolute atomic E-state index is 0.0187. The average Bonchev–Trinajstić information content (AvgIpc) is 3.52. The Balaban J connectivity index is 1.48. The number of thiophene rings is 1. The standard InChI is InChI=1S/C23H25N7O2S/c1-28-8-10-29(11-9-28)23(32)17-4-2-16(3-5-17)20-26-21(24-7-12-31)19-22(27-20)30(15-25-19)18-6-13-33-14-18/h2-6,13-15,31H,7-12H2,1H3,(H,24,26,27). The van der Waals surface area contributed by atoms with Crippen molar-refractivity contribution in [2.24, 2.45) is 0 Å². The number of anilines is 1. The van der Waals surface area contributed by atoms with E-state index < -0.39 is 0 Å². The number of hydrogen-bond donors (Lipinski definition) is 2. The molecule has 4 heterocycles. The number of aromatic nitrogens is 4. The van der Waals surface area contributed by atoms with E-state index in [1.807, 2.05) is 50.6 Å². The Bertz CT molecular complexity index is 1250. The molecule has 33 heavy (non-hydrogen) atoms. The van der Waals surface area contributed by atoms with Gasteiger partial charge in [0.05, 0.1) is 12.3 Å². The number of amides is 1. The first-order chi connectivity index (χ1) is 16.1. The van der Waals surface area contributed by atoms with Gasteiger partial charge in [0, 0.05) is 49.2 Å². The van der Waals surface area contributed by atoms with Crippen molar-refractivity contribution in [3.63, 3.8) is 0 Å². The predicted molar refractivity (Wildman–Crippen MR) is 129 cm³/mol. The highest BCUT2D eigenvalue weighted by atomic mass is 32.1. The van der Waals surface area contributed by atoms with Crippen molar-refractivity contribution in [1.82, 2.24) is 29.3 Å². The van der Waals surface area contributed by atoms with Crippen molar-refractivity contribution in [3.8, 4) is 17.1 Å². The van der Waals surface area contributed by atoms with Crippen LogP contribution in [0.5, 0.6) is 0 Å². The number of rotatable bonds is 6. The molecule has 10 heteroatoms. The highest BCUT2D eigenvalue weighted by molar-refractivity contribution is 7.08. The van der Waals surface area contributed by atoms with E-state index in [2.05, 4.69) is 27.2 Å². The Morgan fingerprint density at radius 2 is 1.91 bits per heavy atom. The van der Waals surface area contributed by atoms with E-state index >= 15 is 0 Å². The first kappa shape index (κ1) is 21.5. The second-order valence-corrected chi connectivity index (χ2v) is 8.77. The van der Waals surface area contributed by atoms with Crippen LogP contribution in [0.1, 0.15) is 10.4 Å². The number of nitrogens with zero attached hydrogens (tertiary/aromatic N) is 6. The Kier molecular flexibility index (Phi) is 6.03. The van der Waals surface area contributed by atoms with Crippen LogP contribution >= 0.6 is 11.3 Å². The number of fused-ring (bicyclic) bond motifs is 1. The van der Waals surface area contributed by atoms with Crippen LogP contribution in [0.4, 0.5) is 5.82 Å². The fraction of sp³-hybridized carbons (Fsp3) is 0.304. The molecule has 1 aliphatic heterocycles. The number of hydrogen-bond acceptors (Lipinski definition) is 8. The number of carbonyl (C=O) groups is 1. The van der Waals surface area contributed by atoms with Crippen molar-refractivity contribution >= 4 is 34.2 Å². The van der Waals surface area contributed by atoms with Crippen molar-refractivity contribution in [1.29, 1.82) is 0 Å². The summed E-state index contributed by atoms with van der Waals surface area (Å²) in [4.78, 5) is 31.0. The molecule has 0 unspecified atom stereocenters. The predicted octanol–water partition coefficient (Wildman–Crippen LogP) is 2.34. The normalized spacial score (nSPS) is 14.7. The number of nitrogens with one attached hydrogen (secondary N) is 1. The highest BCUT2D eigenvalue weighted by Crippen LogP contribution is 2.27. The molecule has 3 aromatic heterocycles. The summed E-state index contributed by atoms with van der Waals surface area (Å²) in [7, 11) is 2.07. The van der Waals surface area contributed by atoms with E-state index in [1.54, 1.807) is 17.7 Å². The topological polar surface area (TPSA) is 99.4 Å². The van der Waals surface area contributed by atoms with Crippen molar-refractivity contribution in [2.45, 2.75) is 0 Å². The molecule has 0 saturated carbocycles. The Labute approximate surface area is 195 Å². The summed E-state index contributed by atoms with van der Waals surface area (Å²) in [6, 6.07) is 9.44. The molecule has 1 fully saturated rings. The molecule has 0 spiro atoms. The number of aliphatic hydroxyl groups excluding tert-OH is 1. The molecule has 5 rings (SSSR count). The molecule has 170 valence electrons. The fourth-order valence-electron chi connectivity index (χ4n) is 3.86. The van der Waals surface area contributed by atoms with Gasteiger partial charge in [-0.1, -0.05) is 12.1 Å². The van der Waals surface area contributed by atoms with E-state index in [4.69, 9.17) is 4.98 Å². The summed E-state index contributed by atoms with van der Waals surface area (Å²) in [5, 5.41) is 16.5. The van der Waals surface area contributed by atoms with Gasteiger partial charge in [-0.2, -0.15) is 11.3 Å². The molecule has 1 aromatic carbocycles. The number of likely N-dealkylation sites (N-methyl/N-ethyl adjacent to an activating group) is 1. The van der Waals surface area contributed by atoms with Gasteiger partial charge in [-0.05, 0) is 30.6 Å². The van der Waals surface area contributed by atoms with Crippen molar-refractivity contribution in [2.75, 3.05) is 51.7 Å². The van der Waals surface area contributed by atoms with Crippen LogP contribution < -0.4 is 5.32 Å². The summed E-state index contributed by atoms with van der Waals surface area (Å²) in [5.74, 6) is 1.14. The summed E-state index contributed by atoms with van der Waals surface area (Å²) in [5.41, 5.74) is 3.76. The molecule has 0 aliphatic carbocycles. The molecule has 1 amide bonds. The third-order valence-corrected chi connectivity index (χ3v) is 6.44. The molecule has 4 aromatic rings. The smallest absolute Gasteiger partial charge is 0.253 e. The van der Waals surface area contributed by atoms with E-state index in [0.717, 1.165) is 37.4 Å². The lowest BCUT2D eigenvalue weighted by molar-refractivity contribution is 0.0664. The van der Waals surface area contributed by atoms with Crippen LogP contribution in [-0.4, -0.2) is 86.7 Å². The van der Waals surface area contributed by atoms with Gasteiger partial charge in [0.1, 0.15) is 6.33 Å². The second-order valence-electron chi connectivity index (χ2n) is 7.99. The summed E-state index contributed by atoms with van der Waals surface area (Å²) in [6.45, 7) is 3.59. The van der Waals surface area contributed by atoms with Gasteiger partial charge in [-0.25, -0.2) is 15.0 Å². The van der Waals surface area contributed by atoms with Crippen LogP contribution in [0.3, 0.4) is 0 Å². The van der Waals surface area contributed by atoms with Crippen LogP contribution in [-0.2, 0) is 0 Å². The van der Waals surface area contributed by atoms with Gasteiger partial charge < -0.3 is 20.2 Å². The number of carbonyl (C=O) groups excluding carboxylic acids is 1. The van der Waals surface area contributed by atoms with Crippen LogP contribution in [0.2, 0.25) is 0 Å². The molecule has 0 bridgehead atoms. The maximum atomic E-state index is 12.9. The zero-order valence-corrected chi connectivity index (χ0v) is 19.1. The van der Waals surface area contributed by atoms with Crippen LogP contribution in [0.15, 0.2) is 47.4 Å². The zero-order valence-electron chi connectivity index (χ0n) is 18.3. The van der Waals surface area contributed by atoms with Gasteiger partial charge in [0.2, 0.25) is 0 Å². The summed E-state index contributed by atoms with van der Waals surface area (Å²) >= 11 is 1.60. The lowest BCUT2D eigenvalue weighted by atomic mass is 10.1. The maximum absolute atomic E-state index is 12.9. The molecular weight excluding hydrogens is 438 g/mol. The number of imidazole rings is 1. The zero-order chi connectivity index (χ0) is 22.8. The average molecular weight is 464 g/mol. The van der Waals surface area contributed by atoms with Gasteiger partial charge in [-0.15, -0.1) is 0 Å². The van der Waals surface area contributed by atoms with Gasteiger partial charge in [0.25, 0.3) is 5.91 Å². The minimum Gasteiger partial charge on any atom is -0.395 e. The Morgan fingerprint density at radius 3 is 2.61 bits per heavy atom. The van der Waals surface area contributed by atoms with E-state index in [1.165, 1.54) is 0 Å². The van der Waals surface area contributed by atoms with Crippen LogP contribution in [0.25, 0.3) is 28.2 Å². The van der Waals surface area contributed by atoms with Gasteiger partial charge >= 0.3 is 0 Å². The molecule has 1 saturated heterocycles. The number of piperazine rings is 1. The molecule has 1 aliphatic rings. The lowest BCUT2D eigenvalue weighted by Gasteiger charge is -2.32. The monoisotopic (exact) mass is 463 g/mol. The molecule has 0 atom stereocenters. The molecule has 0 radical (unpaired) electrons. The Morgan fingerprint density at radius 1 is 1.12 bits per heavy atom. The number of benzene rings is 1. The molecule has 2 N–H and O–H groups in total. The van der Waals surface area contributed by atoms with E-state index in [0.29, 0.717) is 34.9 Å². The fourth-order valence-corrected chi connectivity index (χ4v) is 4.49. The highest BCUT2D eigenvalue weighted by Gasteiger charge is 2.21. The first-order valence-electron chi connectivity index (χ1n) is 10.8. The number of aliphatic hydroxyl groups is 1. The molecule has 9 nitrogen and oxygen atoms in total. The van der Waals surface area contributed by atoms with E-state index in [9.17, 15) is 9.90 Å². The van der Waals surface area contributed by atoms with Gasteiger partial charge in [0.15, 0.2) is 22.8 Å². The minimum atomic E-state index is -0.0187. The third kappa shape index (κ3) is 4.32. The second kappa shape index (κ2) is 9.26. The SMILES string of the molecule is CN1CCN(C(=O)c2ccc(-c3nc(NCCO)c4ncn(-c5ccsc5)c4n3)cc2)CC1. The summed E-state index contributed by atoms with van der Waals surface area (Å²) < 4.78 is 1.92. The quantitative estimate of drug-likeness (QED) is 0.453. The summed E-state index contributed by atoms with van der Waals surface area (Å²) in [6.07, 6.45) is 1.73. The van der Waals surface area contributed by atoms with E-state index in [-0.39, 0.29) is 12.5 Å². The van der Waals surface area contributed by atoms with Crippen LogP contribution in [0, 0.1) is 0 Å². The third-order valence-electron chi connectivity index (χ3n) is 5.77. The van der Waals surface area contributed by atoms with Gasteiger partial charge in [-0.3, -0.25) is 9.36 Å².